The van der Waals surface area contributed by atoms with E-state index in [0.29, 0.717) is 0 Å². The number of thioether (sulfide) groups is 1. The largest absolute Gasteiger partial charge is 0.459 e. The van der Waals surface area contributed by atoms with Gasteiger partial charge in [-0.05, 0) is 18.7 Å². The van der Waals surface area contributed by atoms with Crippen LogP contribution in [-0.4, -0.2) is 27.5 Å². The monoisotopic (exact) mass is 288 g/mol. The van der Waals surface area contributed by atoms with E-state index in [1.807, 2.05) is 18.2 Å². The molecule has 0 radical (unpaired) electrons. The summed E-state index contributed by atoms with van der Waals surface area (Å²) in [7, 11) is 0. The van der Waals surface area contributed by atoms with E-state index in [0.717, 1.165) is 34.2 Å². The molecule has 0 aliphatic heterocycles. The van der Waals surface area contributed by atoms with Gasteiger partial charge in [0.2, 0.25) is 0 Å². The molecule has 0 saturated carbocycles. The second-order valence-corrected chi connectivity index (χ2v) is 5.41. The molecule has 1 unspecified atom stereocenters. The lowest BCUT2D eigenvalue weighted by Gasteiger charge is -2.13. The van der Waals surface area contributed by atoms with Crippen LogP contribution in [0, 0.1) is 0 Å². The van der Waals surface area contributed by atoms with Gasteiger partial charge in [0.25, 0.3) is 0 Å². The molecule has 0 spiro atoms. The highest BCUT2D eigenvalue weighted by atomic mass is 32.2. The Morgan fingerprint density at radius 1 is 1.40 bits per heavy atom. The number of H-pyrrole nitrogens is 1. The van der Waals surface area contributed by atoms with Crippen molar-refractivity contribution in [1.29, 1.82) is 0 Å². The molecule has 1 aromatic carbocycles. The first-order chi connectivity index (χ1) is 9.86. The summed E-state index contributed by atoms with van der Waals surface area (Å²) in [6.07, 6.45) is 1.52. The Morgan fingerprint density at radius 2 is 2.30 bits per heavy atom. The number of hydrogen-bond donors (Lipinski definition) is 2. The van der Waals surface area contributed by atoms with Crippen LogP contribution in [-0.2, 0) is 0 Å². The molecule has 20 heavy (non-hydrogen) atoms. The Kier molecular flexibility index (Phi) is 4.03. The van der Waals surface area contributed by atoms with E-state index in [-0.39, 0.29) is 6.04 Å². The van der Waals surface area contributed by atoms with Crippen LogP contribution in [0.2, 0.25) is 0 Å². The predicted molar refractivity (Wildman–Crippen MR) is 79.7 cm³/mol. The van der Waals surface area contributed by atoms with Crippen molar-refractivity contribution in [3.63, 3.8) is 0 Å². The van der Waals surface area contributed by atoms with Crippen molar-refractivity contribution in [2.45, 2.75) is 18.1 Å². The van der Waals surface area contributed by atoms with E-state index in [1.54, 1.807) is 11.8 Å². The minimum absolute atomic E-state index is 0.155. The fourth-order valence-electron chi connectivity index (χ4n) is 2.09. The fourth-order valence-corrected chi connectivity index (χ4v) is 2.93. The number of aromatic amines is 1. The third-order valence-electron chi connectivity index (χ3n) is 3.02. The zero-order valence-corrected chi connectivity index (χ0v) is 12.0. The molecule has 0 aliphatic rings. The van der Waals surface area contributed by atoms with Crippen LogP contribution in [0.1, 0.15) is 18.7 Å². The molecule has 0 bridgehead atoms. The average Bonchev–Trinajstić information content (AvgIpc) is 3.12. The van der Waals surface area contributed by atoms with Gasteiger partial charge in [-0.3, -0.25) is 5.10 Å². The second-order valence-electron chi connectivity index (χ2n) is 4.40. The maximum Gasteiger partial charge on any atom is 0.183 e. The number of hydrogen-bond acceptors (Lipinski definition) is 5. The highest BCUT2D eigenvalue weighted by Crippen LogP contribution is 2.27. The molecule has 3 aromatic rings. The zero-order valence-electron chi connectivity index (χ0n) is 11.2. The van der Waals surface area contributed by atoms with E-state index < -0.39 is 0 Å². The number of nitrogens with one attached hydrogen (secondary N) is 2. The first-order valence-electron chi connectivity index (χ1n) is 6.57. The lowest BCUT2D eigenvalue weighted by atomic mass is 10.2. The van der Waals surface area contributed by atoms with Crippen molar-refractivity contribution in [1.82, 2.24) is 20.5 Å². The highest BCUT2D eigenvalue weighted by Gasteiger charge is 2.16. The van der Waals surface area contributed by atoms with Crippen LogP contribution in [0.25, 0.3) is 11.0 Å². The van der Waals surface area contributed by atoms with E-state index in [2.05, 4.69) is 39.6 Å². The Morgan fingerprint density at radius 3 is 3.05 bits per heavy atom. The lowest BCUT2D eigenvalue weighted by molar-refractivity contribution is 0.463. The minimum atomic E-state index is 0.155. The zero-order chi connectivity index (χ0) is 13.8. The standard InChI is InChI=1S/C14H16N4OS/c1-2-15-11(8-20-14-16-9-17-18-14)13-7-10-5-3-4-6-12(10)19-13/h3-7,9,11,15H,2,8H2,1H3,(H,16,17,18). The van der Waals surface area contributed by atoms with Gasteiger partial charge < -0.3 is 9.73 Å². The summed E-state index contributed by atoms with van der Waals surface area (Å²) in [5, 5.41) is 12.1. The number of benzene rings is 1. The maximum atomic E-state index is 5.93. The predicted octanol–water partition coefficient (Wildman–Crippen LogP) is 2.99. The Balaban J connectivity index is 1.78. The van der Waals surface area contributed by atoms with Gasteiger partial charge in [-0.25, -0.2) is 4.98 Å². The molecule has 104 valence electrons. The van der Waals surface area contributed by atoms with E-state index >= 15 is 0 Å². The van der Waals surface area contributed by atoms with Gasteiger partial charge in [-0.1, -0.05) is 36.9 Å². The number of furan rings is 1. The topological polar surface area (TPSA) is 66.7 Å². The van der Waals surface area contributed by atoms with Crippen molar-refractivity contribution in [3.8, 4) is 0 Å². The summed E-state index contributed by atoms with van der Waals surface area (Å²) >= 11 is 1.63. The van der Waals surface area contributed by atoms with Crippen molar-refractivity contribution in [3.05, 3.63) is 42.4 Å². The summed E-state index contributed by atoms with van der Waals surface area (Å²) in [4.78, 5) is 4.12. The number of nitrogens with zero attached hydrogens (tertiary/aromatic N) is 2. The molecule has 3 rings (SSSR count). The fraction of sp³-hybridized carbons (Fsp3) is 0.286. The van der Waals surface area contributed by atoms with Crippen LogP contribution in [0.15, 0.2) is 46.2 Å². The molecule has 0 amide bonds. The first kappa shape index (κ1) is 13.2. The second kappa shape index (κ2) is 6.11. The summed E-state index contributed by atoms with van der Waals surface area (Å²) < 4.78 is 5.93. The van der Waals surface area contributed by atoms with E-state index in [1.165, 1.54) is 6.33 Å². The SMILES string of the molecule is CCNC(CSc1ncn[nH]1)c1cc2ccccc2o1. The Labute approximate surface area is 121 Å². The van der Waals surface area contributed by atoms with E-state index in [4.69, 9.17) is 4.42 Å². The molecular formula is C14H16N4OS. The van der Waals surface area contributed by atoms with Crippen molar-refractivity contribution < 1.29 is 4.42 Å². The van der Waals surface area contributed by atoms with Crippen LogP contribution < -0.4 is 5.32 Å². The molecule has 1 atom stereocenters. The summed E-state index contributed by atoms with van der Waals surface area (Å²) in [5.41, 5.74) is 0.926. The first-order valence-corrected chi connectivity index (χ1v) is 7.55. The Bertz CT molecular complexity index is 632. The van der Waals surface area contributed by atoms with Gasteiger partial charge in [-0.15, -0.1) is 0 Å². The van der Waals surface area contributed by atoms with E-state index in [9.17, 15) is 0 Å². The van der Waals surface area contributed by atoms with Crippen LogP contribution in [0.5, 0.6) is 0 Å². The Hall–Kier alpha value is -1.79. The van der Waals surface area contributed by atoms with Crippen LogP contribution >= 0.6 is 11.8 Å². The smallest absolute Gasteiger partial charge is 0.183 e. The normalized spacial score (nSPS) is 12.8. The molecule has 2 N–H and O–H groups in total. The maximum absolute atomic E-state index is 5.93. The number of fused-ring (bicyclic) bond motifs is 1. The van der Waals surface area contributed by atoms with Crippen LogP contribution in [0.3, 0.4) is 0 Å². The van der Waals surface area contributed by atoms with Gasteiger partial charge >= 0.3 is 0 Å². The quantitative estimate of drug-likeness (QED) is 0.683. The molecule has 0 saturated heterocycles. The van der Waals surface area contributed by atoms with Gasteiger partial charge in [0, 0.05) is 11.1 Å². The third-order valence-corrected chi connectivity index (χ3v) is 3.99. The molecular weight excluding hydrogens is 272 g/mol. The summed E-state index contributed by atoms with van der Waals surface area (Å²) in [6.45, 7) is 2.98. The van der Waals surface area contributed by atoms with Gasteiger partial charge in [-0.2, -0.15) is 5.10 Å². The van der Waals surface area contributed by atoms with Crippen molar-refractivity contribution in [2.24, 2.45) is 0 Å². The van der Waals surface area contributed by atoms with Crippen molar-refractivity contribution >= 4 is 22.7 Å². The molecule has 2 aromatic heterocycles. The molecule has 0 aliphatic carbocycles. The van der Waals surface area contributed by atoms with Crippen LogP contribution in [0.4, 0.5) is 0 Å². The van der Waals surface area contributed by atoms with Gasteiger partial charge in [0.1, 0.15) is 17.7 Å². The highest BCUT2D eigenvalue weighted by molar-refractivity contribution is 7.99. The lowest BCUT2D eigenvalue weighted by Crippen LogP contribution is -2.22. The number of para-hydroxylation sites is 1. The molecule has 0 fully saturated rings. The molecule has 2 heterocycles. The van der Waals surface area contributed by atoms with Crippen molar-refractivity contribution in [2.75, 3.05) is 12.3 Å². The molecule has 6 heteroatoms. The average molecular weight is 288 g/mol. The number of rotatable bonds is 6. The van der Waals surface area contributed by atoms with Gasteiger partial charge in [0.05, 0.1) is 6.04 Å². The summed E-state index contributed by atoms with van der Waals surface area (Å²) in [5.74, 6) is 1.79. The minimum Gasteiger partial charge on any atom is -0.459 e. The summed E-state index contributed by atoms with van der Waals surface area (Å²) in [6, 6.07) is 10.3. The van der Waals surface area contributed by atoms with Gasteiger partial charge in [0.15, 0.2) is 5.16 Å². The third kappa shape index (κ3) is 2.86. The number of aromatic nitrogens is 3. The molecule has 5 nitrogen and oxygen atoms in total.